The van der Waals surface area contributed by atoms with E-state index in [4.69, 9.17) is 8.83 Å². The highest BCUT2D eigenvalue weighted by Crippen LogP contribution is 2.47. The second kappa shape index (κ2) is 6.32. The molecule has 0 radical (unpaired) electrons. The van der Waals surface area contributed by atoms with Gasteiger partial charge in [-0.05, 0) is 48.1 Å². The normalized spacial score (nSPS) is 19.4. The summed E-state index contributed by atoms with van der Waals surface area (Å²) < 4.78 is 11.4. The van der Waals surface area contributed by atoms with Gasteiger partial charge in [0.05, 0.1) is 24.2 Å². The Morgan fingerprint density at radius 3 is 2.71 bits per heavy atom. The Morgan fingerprint density at radius 2 is 2.04 bits per heavy atom. The highest BCUT2D eigenvalue weighted by atomic mass is 32.1. The largest absolute Gasteiger partial charge is 0.467 e. The van der Waals surface area contributed by atoms with Crippen molar-refractivity contribution in [2.24, 2.45) is 5.92 Å². The fraction of sp³-hybridized carbons (Fsp3) is 0.316. The van der Waals surface area contributed by atoms with E-state index in [0.29, 0.717) is 24.9 Å². The molecule has 1 fully saturated rings. The lowest BCUT2D eigenvalue weighted by atomic mass is 10.3. The van der Waals surface area contributed by atoms with Crippen LogP contribution >= 0.6 is 11.3 Å². The lowest BCUT2D eigenvalue weighted by molar-refractivity contribution is 0.0709. The van der Waals surface area contributed by atoms with Crippen LogP contribution in [-0.4, -0.2) is 10.8 Å². The van der Waals surface area contributed by atoms with E-state index in [1.165, 1.54) is 17.8 Å². The first-order valence-corrected chi connectivity index (χ1v) is 9.02. The van der Waals surface area contributed by atoms with Crippen LogP contribution in [0.3, 0.4) is 0 Å². The van der Waals surface area contributed by atoms with E-state index in [1.54, 1.807) is 11.2 Å². The molecule has 0 bridgehead atoms. The molecule has 0 aliphatic heterocycles. The molecule has 1 amide bonds. The number of amides is 1. The highest BCUT2D eigenvalue weighted by Gasteiger charge is 2.36. The minimum atomic E-state index is -0.000796. The van der Waals surface area contributed by atoms with Gasteiger partial charge in [-0.15, -0.1) is 11.3 Å². The van der Waals surface area contributed by atoms with Gasteiger partial charge in [-0.3, -0.25) is 4.79 Å². The molecule has 0 saturated heterocycles. The quantitative estimate of drug-likeness (QED) is 0.640. The summed E-state index contributed by atoms with van der Waals surface area (Å²) in [5.74, 6) is 3.88. The number of hydrogen-bond acceptors (Lipinski definition) is 4. The van der Waals surface area contributed by atoms with Gasteiger partial charge in [-0.2, -0.15) is 0 Å². The Kier molecular flexibility index (Phi) is 4.02. The van der Waals surface area contributed by atoms with E-state index in [2.05, 4.69) is 6.92 Å². The van der Waals surface area contributed by atoms with Crippen molar-refractivity contribution in [3.63, 3.8) is 0 Å². The first kappa shape index (κ1) is 15.3. The fourth-order valence-electron chi connectivity index (χ4n) is 2.93. The van der Waals surface area contributed by atoms with Crippen molar-refractivity contribution in [2.75, 3.05) is 0 Å². The van der Waals surface area contributed by atoms with Crippen molar-refractivity contribution in [3.05, 3.63) is 70.2 Å². The molecule has 124 valence electrons. The van der Waals surface area contributed by atoms with Gasteiger partial charge in [0.15, 0.2) is 0 Å². The lowest BCUT2D eigenvalue weighted by Crippen LogP contribution is -2.29. The lowest BCUT2D eigenvalue weighted by Gasteiger charge is -2.19. The van der Waals surface area contributed by atoms with Crippen molar-refractivity contribution in [3.8, 4) is 0 Å². The van der Waals surface area contributed by atoms with E-state index < -0.39 is 0 Å². The zero-order valence-electron chi connectivity index (χ0n) is 13.5. The predicted octanol–water partition coefficient (Wildman–Crippen LogP) is 4.90. The SMILES string of the molecule is CC1CC1c1ccc(CN(Cc2ccco2)C(=O)c2cccs2)o1. The molecule has 0 spiro atoms. The number of rotatable bonds is 6. The summed E-state index contributed by atoms with van der Waals surface area (Å²) in [6.07, 6.45) is 2.82. The average molecular weight is 341 g/mol. The van der Waals surface area contributed by atoms with Crippen LogP contribution in [0.2, 0.25) is 0 Å². The number of thiophene rings is 1. The van der Waals surface area contributed by atoms with Crippen LogP contribution in [0, 0.1) is 5.92 Å². The van der Waals surface area contributed by atoms with E-state index in [-0.39, 0.29) is 5.91 Å². The van der Waals surface area contributed by atoms with Gasteiger partial charge in [0.1, 0.15) is 17.3 Å². The van der Waals surface area contributed by atoms with E-state index in [9.17, 15) is 4.79 Å². The van der Waals surface area contributed by atoms with Gasteiger partial charge in [-0.1, -0.05) is 13.0 Å². The van der Waals surface area contributed by atoms with E-state index in [0.717, 1.165) is 22.2 Å². The standard InChI is InChI=1S/C19H19NO3S/c1-13-10-16(13)17-7-6-15(23-17)12-20(11-14-4-2-8-22-14)19(21)18-5-3-9-24-18/h2-9,13,16H,10-12H2,1H3. The summed E-state index contributed by atoms with van der Waals surface area (Å²) >= 11 is 1.45. The Labute approximate surface area is 144 Å². The van der Waals surface area contributed by atoms with Gasteiger partial charge >= 0.3 is 0 Å². The smallest absolute Gasteiger partial charge is 0.264 e. The van der Waals surface area contributed by atoms with Gasteiger partial charge < -0.3 is 13.7 Å². The zero-order chi connectivity index (χ0) is 16.5. The molecule has 4 rings (SSSR count). The number of carbonyl (C=O) groups excluding carboxylic acids is 1. The average Bonchev–Trinajstić information content (AvgIpc) is 3.12. The van der Waals surface area contributed by atoms with Crippen LogP contribution in [0.1, 0.15) is 46.2 Å². The molecule has 3 aromatic rings. The molecule has 1 aliphatic carbocycles. The molecule has 1 aliphatic rings. The summed E-state index contributed by atoms with van der Waals surface area (Å²) in [4.78, 5) is 15.3. The Morgan fingerprint density at radius 1 is 1.21 bits per heavy atom. The van der Waals surface area contributed by atoms with Crippen molar-refractivity contribution in [1.29, 1.82) is 0 Å². The maximum Gasteiger partial charge on any atom is 0.264 e. The molecular weight excluding hydrogens is 322 g/mol. The fourth-order valence-corrected chi connectivity index (χ4v) is 3.62. The summed E-state index contributed by atoms with van der Waals surface area (Å²) in [5, 5.41) is 1.91. The summed E-state index contributed by atoms with van der Waals surface area (Å²) in [5.41, 5.74) is 0. The van der Waals surface area contributed by atoms with Crippen LogP contribution < -0.4 is 0 Å². The second-order valence-electron chi connectivity index (χ2n) is 6.34. The van der Waals surface area contributed by atoms with Crippen molar-refractivity contribution in [1.82, 2.24) is 4.90 Å². The van der Waals surface area contributed by atoms with Crippen LogP contribution in [-0.2, 0) is 13.1 Å². The molecule has 3 heterocycles. The Bertz CT molecular complexity index is 804. The Balaban J connectivity index is 1.53. The molecular formula is C19H19NO3S. The predicted molar refractivity (Wildman–Crippen MR) is 91.8 cm³/mol. The third-order valence-electron chi connectivity index (χ3n) is 4.45. The summed E-state index contributed by atoms with van der Waals surface area (Å²) in [7, 11) is 0. The van der Waals surface area contributed by atoms with Gasteiger partial charge in [0.25, 0.3) is 5.91 Å². The monoisotopic (exact) mass is 341 g/mol. The first-order chi connectivity index (χ1) is 11.7. The molecule has 24 heavy (non-hydrogen) atoms. The third-order valence-corrected chi connectivity index (χ3v) is 5.31. The van der Waals surface area contributed by atoms with Crippen LogP contribution in [0.5, 0.6) is 0 Å². The molecule has 4 nitrogen and oxygen atoms in total. The minimum absolute atomic E-state index is 0.000796. The van der Waals surface area contributed by atoms with Crippen LogP contribution in [0.25, 0.3) is 0 Å². The summed E-state index contributed by atoms with van der Waals surface area (Å²) in [6, 6.07) is 11.5. The molecule has 3 aromatic heterocycles. The maximum atomic E-state index is 12.8. The Hall–Kier alpha value is -2.27. The molecule has 2 unspecified atom stereocenters. The summed E-state index contributed by atoms with van der Waals surface area (Å²) in [6.45, 7) is 3.11. The second-order valence-corrected chi connectivity index (χ2v) is 7.29. The van der Waals surface area contributed by atoms with Crippen molar-refractivity contribution < 1.29 is 13.6 Å². The number of nitrogens with zero attached hydrogens (tertiary/aromatic N) is 1. The van der Waals surface area contributed by atoms with Crippen molar-refractivity contribution >= 4 is 17.2 Å². The zero-order valence-corrected chi connectivity index (χ0v) is 14.3. The maximum absolute atomic E-state index is 12.8. The van der Waals surface area contributed by atoms with Gasteiger partial charge in [-0.25, -0.2) is 0 Å². The minimum Gasteiger partial charge on any atom is -0.467 e. The molecule has 2 atom stereocenters. The number of carbonyl (C=O) groups is 1. The van der Waals surface area contributed by atoms with E-state index in [1.807, 2.05) is 41.8 Å². The van der Waals surface area contributed by atoms with E-state index >= 15 is 0 Å². The number of furan rings is 2. The topological polar surface area (TPSA) is 46.6 Å². The molecule has 5 heteroatoms. The van der Waals surface area contributed by atoms with Crippen molar-refractivity contribution in [2.45, 2.75) is 32.4 Å². The van der Waals surface area contributed by atoms with Gasteiger partial charge in [0.2, 0.25) is 0 Å². The van der Waals surface area contributed by atoms with Gasteiger partial charge in [0, 0.05) is 5.92 Å². The number of hydrogen-bond donors (Lipinski definition) is 0. The first-order valence-electron chi connectivity index (χ1n) is 8.14. The highest BCUT2D eigenvalue weighted by molar-refractivity contribution is 7.12. The molecule has 1 saturated carbocycles. The molecule has 0 aromatic carbocycles. The van der Waals surface area contributed by atoms with Crippen LogP contribution in [0.4, 0.5) is 0 Å². The molecule has 0 N–H and O–H groups in total. The third kappa shape index (κ3) is 3.17. The van der Waals surface area contributed by atoms with Crippen LogP contribution in [0.15, 0.2) is 56.9 Å².